The largest absolute Gasteiger partial charge is 0.490 e. The number of amides is 2. The smallest absolute Gasteiger partial charge is 0.410 e. The zero-order valence-electron chi connectivity index (χ0n) is 23.3. The van der Waals surface area contributed by atoms with Crippen molar-refractivity contribution >= 4 is 34.1 Å². The van der Waals surface area contributed by atoms with Crippen LogP contribution in [0.25, 0.3) is 16.4 Å². The Kier molecular flexibility index (Phi) is 6.59. The van der Waals surface area contributed by atoms with Crippen LogP contribution in [0.5, 0.6) is 5.75 Å². The molecule has 11 nitrogen and oxygen atoms in total. The highest BCUT2D eigenvalue weighted by Gasteiger charge is 2.31. The van der Waals surface area contributed by atoms with Crippen LogP contribution < -0.4 is 10.1 Å². The highest BCUT2D eigenvalue weighted by Crippen LogP contribution is 2.35. The third-order valence-corrected chi connectivity index (χ3v) is 7.53. The number of hydrogen-bond donors (Lipinski definition) is 1. The molecular weight excluding hydrogens is 510 g/mol. The van der Waals surface area contributed by atoms with Gasteiger partial charge in [0.05, 0.1) is 40.6 Å². The lowest BCUT2D eigenvalue weighted by Gasteiger charge is -2.35. The second-order valence-corrected chi connectivity index (χ2v) is 11.8. The topological polar surface area (TPSA) is 116 Å². The number of rotatable bonds is 6. The summed E-state index contributed by atoms with van der Waals surface area (Å²) in [6.45, 7) is 5.64. The second-order valence-electron chi connectivity index (χ2n) is 11.8. The van der Waals surface area contributed by atoms with Gasteiger partial charge in [-0.1, -0.05) is 0 Å². The molecule has 0 bridgehead atoms. The molecule has 0 atom stereocenters. The van der Waals surface area contributed by atoms with E-state index in [2.05, 4.69) is 15.4 Å². The molecule has 4 aromatic rings. The summed E-state index contributed by atoms with van der Waals surface area (Å²) in [5.74, 6) is 0.279. The first kappa shape index (κ1) is 26.1. The van der Waals surface area contributed by atoms with Gasteiger partial charge in [0, 0.05) is 36.9 Å². The van der Waals surface area contributed by atoms with Crippen LogP contribution in [0.3, 0.4) is 0 Å². The minimum absolute atomic E-state index is 0.131. The van der Waals surface area contributed by atoms with E-state index in [-0.39, 0.29) is 30.2 Å². The molecule has 2 saturated carbocycles. The molecule has 40 heavy (non-hydrogen) atoms. The third kappa shape index (κ3) is 5.45. The average molecular weight is 546 g/mol. The number of ether oxygens (including phenoxy) is 2. The monoisotopic (exact) mass is 545 g/mol. The quantitative estimate of drug-likeness (QED) is 0.353. The van der Waals surface area contributed by atoms with Crippen LogP contribution in [0.15, 0.2) is 43.1 Å². The van der Waals surface area contributed by atoms with E-state index in [1.54, 1.807) is 34.2 Å². The van der Waals surface area contributed by atoms with Gasteiger partial charge in [-0.15, -0.1) is 0 Å². The van der Waals surface area contributed by atoms with Crippen LogP contribution in [0.2, 0.25) is 0 Å². The lowest BCUT2D eigenvalue weighted by Crippen LogP contribution is -2.42. The van der Waals surface area contributed by atoms with E-state index in [0.29, 0.717) is 17.0 Å². The summed E-state index contributed by atoms with van der Waals surface area (Å²) >= 11 is 0. The van der Waals surface area contributed by atoms with Gasteiger partial charge >= 0.3 is 6.09 Å². The van der Waals surface area contributed by atoms with Crippen LogP contribution >= 0.6 is 0 Å². The van der Waals surface area contributed by atoms with Crippen molar-refractivity contribution < 1.29 is 19.1 Å². The van der Waals surface area contributed by atoms with Crippen LogP contribution in [-0.2, 0) is 4.74 Å². The third-order valence-electron chi connectivity index (χ3n) is 7.53. The first-order valence-corrected chi connectivity index (χ1v) is 13.9. The van der Waals surface area contributed by atoms with E-state index in [1.165, 1.54) is 0 Å². The number of nitrogens with one attached hydrogen (secondary N) is 1. The van der Waals surface area contributed by atoms with E-state index < -0.39 is 5.60 Å². The first-order valence-electron chi connectivity index (χ1n) is 13.9. The van der Waals surface area contributed by atoms with E-state index in [1.807, 2.05) is 50.8 Å². The van der Waals surface area contributed by atoms with Gasteiger partial charge in [0.25, 0.3) is 5.91 Å². The van der Waals surface area contributed by atoms with Gasteiger partial charge in [0.15, 0.2) is 0 Å². The predicted molar refractivity (Wildman–Crippen MR) is 150 cm³/mol. The number of hydrogen-bond acceptors (Lipinski definition) is 7. The predicted octanol–water partition coefficient (Wildman–Crippen LogP) is 5.22. The molecule has 210 valence electrons. The molecule has 3 aromatic heterocycles. The summed E-state index contributed by atoms with van der Waals surface area (Å²) in [6, 6.07) is 5.90. The Morgan fingerprint density at radius 3 is 2.60 bits per heavy atom. The number of nitrogens with zero attached hydrogens (tertiary/aromatic N) is 6. The molecule has 0 saturated heterocycles. The number of benzene rings is 1. The second kappa shape index (κ2) is 10.1. The van der Waals surface area contributed by atoms with Gasteiger partial charge in [0.2, 0.25) is 0 Å². The van der Waals surface area contributed by atoms with Gasteiger partial charge in [-0.25, -0.2) is 14.3 Å². The molecule has 2 aliphatic carbocycles. The lowest BCUT2D eigenvalue weighted by atomic mass is 9.90. The number of fused-ring (bicyclic) bond motifs is 2. The van der Waals surface area contributed by atoms with Gasteiger partial charge in [-0.3, -0.25) is 9.48 Å². The summed E-state index contributed by atoms with van der Waals surface area (Å²) in [6.07, 6.45) is 12.2. The number of aromatic nitrogens is 5. The summed E-state index contributed by atoms with van der Waals surface area (Å²) in [5, 5.41) is 13.0. The Morgan fingerprint density at radius 1 is 1.10 bits per heavy atom. The highest BCUT2D eigenvalue weighted by molar-refractivity contribution is 6.09. The molecule has 2 amide bonds. The number of anilines is 1. The molecule has 1 N–H and O–H groups in total. The van der Waals surface area contributed by atoms with Crippen molar-refractivity contribution in [2.45, 2.75) is 83.1 Å². The normalized spacial score (nSPS) is 19.5. The van der Waals surface area contributed by atoms with Crippen molar-refractivity contribution in [3.8, 4) is 5.75 Å². The molecule has 0 radical (unpaired) electrons. The zero-order valence-corrected chi connectivity index (χ0v) is 23.3. The Hall–Kier alpha value is -4.15. The Morgan fingerprint density at radius 2 is 1.88 bits per heavy atom. The molecule has 1 aromatic carbocycles. The van der Waals surface area contributed by atoms with E-state index >= 15 is 0 Å². The molecule has 0 aliphatic heterocycles. The molecule has 3 heterocycles. The molecule has 2 fully saturated rings. The highest BCUT2D eigenvalue weighted by atomic mass is 16.6. The maximum Gasteiger partial charge on any atom is 0.410 e. The standard InChI is InChI=1S/C29H35N7O4/c1-29(2,3)40-28(38)34(4)19-5-7-20(8-6-19)35-16-18-13-22(26(14-23(18)33-35)39-21-9-10-21)27(37)32-24-15-31-36-17-30-12-11-25(24)36/h11-17,19-21H,5-10H2,1-4H3,(H,32,37). The minimum Gasteiger partial charge on any atom is -0.490 e. The zero-order chi connectivity index (χ0) is 28.0. The van der Waals surface area contributed by atoms with E-state index in [4.69, 9.17) is 14.6 Å². The SMILES string of the molecule is CN(C(=O)OC(C)(C)C)C1CCC(n2cc3cc(C(=O)Nc4cnn5cnccc45)c(OC4CC4)cc3n2)CC1. The van der Waals surface area contributed by atoms with Crippen molar-refractivity contribution in [3.05, 3.63) is 48.7 Å². The van der Waals surface area contributed by atoms with Gasteiger partial charge in [-0.05, 0) is 71.4 Å². The summed E-state index contributed by atoms with van der Waals surface area (Å²) in [4.78, 5) is 31.8. The number of carbonyl (C=O) groups is 2. The Labute approximate surface area is 232 Å². The Bertz CT molecular complexity index is 1560. The van der Waals surface area contributed by atoms with Crippen LogP contribution in [-0.4, -0.2) is 66.1 Å². The average Bonchev–Trinajstić information content (AvgIpc) is 3.50. The van der Waals surface area contributed by atoms with Crippen LogP contribution in [0.1, 0.15) is 75.7 Å². The molecule has 0 unspecified atom stereocenters. The number of carbonyl (C=O) groups excluding carboxylic acids is 2. The van der Waals surface area contributed by atoms with Crippen LogP contribution in [0, 0.1) is 0 Å². The first-order chi connectivity index (χ1) is 19.1. The van der Waals surface area contributed by atoms with Crippen molar-refractivity contribution in [3.63, 3.8) is 0 Å². The maximum absolute atomic E-state index is 13.5. The minimum atomic E-state index is -0.514. The van der Waals surface area contributed by atoms with Crippen molar-refractivity contribution in [2.24, 2.45) is 0 Å². The summed E-state index contributed by atoms with van der Waals surface area (Å²) in [7, 11) is 1.82. The lowest BCUT2D eigenvalue weighted by molar-refractivity contribution is 0.0173. The van der Waals surface area contributed by atoms with Crippen LogP contribution in [0.4, 0.5) is 10.5 Å². The van der Waals surface area contributed by atoms with Crippen molar-refractivity contribution in [2.75, 3.05) is 12.4 Å². The van der Waals surface area contributed by atoms with E-state index in [0.717, 1.165) is 54.9 Å². The van der Waals surface area contributed by atoms with Gasteiger partial charge in [0.1, 0.15) is 17.7 Å². The molecule has 11 heteroatoms. The van der Waals surface area contributed by atoms with Gasteiger partial charge < -0.3 is 19.7 Å². The fourth-order valence-electron chi connectivity index (χ4n) is 5.22. The Balaban J connectivity index is 1.20. The molecule has 6 rings (SSSR count). The molecule has 2 aliphatic rings. The van der Waals surface area contributed by atoms with Crippen molar-refractivity contribution in [1.29, 1.82) is 0 Å². The van der Waals surface area contributed by atoms with Crippen molar-refractivity contribution in [1.82, 2.24) is 29.3 Å². The maximum atomic E-state index is 13.5. The fourth-order valence-corrected chi connectivity index (χ4v) is 5.22. The fraction of sp³-hybridized carbons (Fsp3) is 0.483. The summed E-state index contributed by atoms with van der Waals surface area (Å²) in [5.41, 5.74) is 2.11. The van der Waals surface area contributed by atoms with Gasteiger partial charge in [-0.2, -0.15) is 10.2 Å². The molecular formula is C29H35N7O4. The van der Waals surface area contributed by atoms with E-state index in [9.17, 15) is 9.59 Å². The molecule has 0 spiro atoms. The summed E-state index contributed by atoms with van der Waals surface area (Å²) < 4.78 is 15.3.